The van der Waals surface area contributed by atoms with Crippen LogP contribution in [-0.4, -0.2) is 37.7 Å². The van der Waals surface area contributed by atoms with Gasteiger partial charge in [0.05, 0.1) is 31.5 Å². The molecule has 1 heterocycles. The van der Waals surface area contributed by atoms with Crippen molar-refractivity contribution in [1.82, 2.24) is 5.32 Å². The van der Waals surface area contributed by atoms with Gasteiger partial charge in [-0.2, -0.15) is 13.2 Å². The molecule has 0 spiro atoms. The van der Waals surface area contributed by atoms with E-state index in [2.05, 4.69) is 10.6 Å². The van der Waals surface area contributed by atoms with Gasteiger partial charge in [-0.3, -0.25) is 14.5 Å². The third-order valence-corrected chi connectivity index (χ3v) is 5.01. The molecule has 0 aliphatic carbocycles. The van der Waals surface area contributed by atoms with Gasteiger partial charge < -0.3 is 15.4 Å². The van der Waals surface area contributed by atoms with Crippen LogP contribution in [0, 0.1) is 5.82 Å². The molecule has 2 amide bonds. The number of anilines is 2. The van der Waals surface area contributed by atoms with Gasteiger partial charge in [0.15, 0.2) is 11.6 Å². The quantitative estimate of drug-likeness (QED) is 0.696. The van der Waals surface area contributed by atoms with Crippen LogP contribution >= 0.6 is 0 Å². The fraction of sp³-hybridized carbons (Fsp3) is 0.333. The fourth-order valence-corrected chi connectivity index (χ4v) is 3.39. The maximum Gasteiger partial charge on any atom is 0.409 e. The molecule has 2 aromatic carbocycles. The number of fused-ring (bicyclic) bond motifs is 1. The molecule has 166 valence electrons. The standard InChI is InChI=1S/C21H21F4N3O3/c1-12(13-7-8-17(31-2)14(22)9-13)26-11-20(30)28-16-6-4-3-5-15(16)27-19(29)10-18(28)21(23,24)25/h3-9,12,18,26H,10-11H2,1-2H3,(H,27,29). The second kappa shape index (κ2) is 8.93. The fourth-order valence-electron chi connectivity index (χ4n) is 3.39. The van der Waals surface area contributed by atoms with Crippen molar-refractivity contribution in [2.45, 2.75) is 31.6 Å². The minimum atomic E-state index is -4.81. The van der Waals surface area contributed by atoms with E-state index >= 15 is 0 Å². The zero-order valence-corrected chi connectivity index (χ0v) is 16.8. The lowest BCUT2D eigenvalue weighted by atomic mass is 10.1. The first-order chi connectivity index (χ1) is 14.6. The van der Waals surface area contributed by atoms with E-state index in [-0.39, 0.29) is 17.1 Å². The summed E-state index contributed by atoms with van der Waals surface area (Å²) in [6.45, 7) is 1.20. The Hall–Kier alpha value is -3.14. The minimum absolute atomic E-state index is 0.0365. The number of rotatable bonds is 5. The first kappa shape index (κ1) is 22.5. The molecule has 2 atom stereocenters. The number of nitrogens with one attached hydrogen (secondary N) is 2. The van der Waals surface area contributed by atoms with E-state index in [1.165, 1.54) is 37.4 Å². The highest BCUT2D eigenvalue weighted by Crippen LogP contribution is 2.37. The highest BCUT2D eigenvalue weighted by atomic mass is 19.4. The predicted octanol–water partition coefficient (Wildman–Crippen LogP) is 3.79. The molecule has 31 heavy (non-hydrogen) atoms. The van der Waals surface area contributed by atoms with E-state index < -0.39 is 48.9 Å². The number of ether oxygens (including phenoxy) is 1. The van der Waals surface area contributed by atoms with Crippen LogP contribution in [0.5, 0.6) is 5.75 Å². The van der Waals surface area contributed by atoms with Crippen molar-refractivity contribution in [3.05, 3.63) is 53.8 Å². The average Bonchev–Trinajstić information content (AvgIpc) is 2.87. The first-order valence-corrected chi connectivity index (χ1v) is 9.46. The molecule has 0 aromatic heterocycles. The minimum Gasteiger partial charge on any atom is -0.494 e. The van der Waals surface area contributed by atoms with Crippen LogP contribution in [-0.2, 0) is 9.59 Å². The Morgan fingerprint density at radius 2 is 2.00 bits per heavy atom. The summed E-state index contributed by atoms with van der Waals surface area (Å²) in [5, 5.41) is 5.23. The number of para-hydroxylation sites is 2. The van der Waals surface area contributed by atoms with Gasteiger partial charge in [-0.1, -0.05) is 18.2 Å². The Morgan fingerprint density at radius 3 is 2.65 bits per heavy atom. The number of alkyl halides is 3. The van der Waals surface area contributed by atoms with Crippen molar-refractivity contribution in [3.63, 3.8) is 0 Å². The summed E-state index contributed by atoms with van der Waals surface area (Å²) in [5.41, 5.74) is 0.579. The lowest BCUT2D eigenvalue weighted by Gasteiger charge is -2.32. The van der Waals surface area contributed by atoms with E-state index in [9.17, 15) is 27.2 Å². The molecule has 1 aliphatic rings. The van der Waals surface area contributed by atoms with Crippen LogP contribution < -0.4 is 20.3 Å². The average molecular weight is 439 g/mol. The van der Waals surface area contributed by atoms with Crippen molar-refractivity contribution >= 4 is 23.2 Å². The number of methoxy groups -OCH3 is 1. The van der Waals surface area contributed by atoms with Crippen LogP contribution in [0.4, 0.5) is 28.9 Å². The zero-order valence-electron chi connectivity index (χ0n) is 16.8. The van der Waals surface area contributed by atoms with E-state index in [1.807, 2.05) is 0 Å². The van der Waals surface area contributed by atoms with Gasteiger partial charge in [0.25, 0.3) is 0 Å². The lowest BCUT2D eigenvalue weighted by Crippen LogP contribution is -2.52. The van der Waals surface area contributed by atoms with Crippen LogP contribution in [0.2, 0.25) is 0 Å². The molecule has 6 nitrogen and oxygen atoms in total. The number of benzene rings is 2. The summed E-state index contributed by atoms with van der Waals surface area (Å²) in [4.78, 5) is 25.5. The van der Waals surface area contributed by atoms with Gasteiger partial charge in [0.2, 0.25) is 11.8 Å². The summed E-state index contributed by atoms with van der Waals surface area (Å²) in [7, 11) is 1.33. The highest BCUT2D eigenvalue weighted by molar-refractivity contribution is 6.05. The highest BCUT2D eigenvalue weighted by Gasteiger charge is 2.48. The maximum atomic E-state index is 13.9. The van der Waals surface area contributed by atoms with Crippen molar-refractivity contribution < 1.29 is 31.9 Å². The molecule has 3 rings (SSSR count). The second-order valence-corrected chi connectivity index (χ2v) is 7.09. The molecule has 0 bridgehead atoms. The molecule has 0 saturated heterocycles. The van der Waals surface area contributed by atoms with E-state index in [0.29, 0.717) is 10.5 Å². The van der Waals surface area contributed by atoms with Crippen molar-refractivity contribution in [3.8, 4) is 5.75 Å². The van der Waals surface area contributed by atoms with E-state index in [0.717, 1.165) is 0 Å². The molecule has 2 aromatic rings. The van der Waals surface area contributed by atoms with Gasteiger partial charge in [-0.05, 0) is 36.8 Å². The van der Waals surface area contributed by atoms with E-state index in [1.54, 1.807) is 19.1 Å². The monoisotopic (exact) mass is 439 g/mol. The van der Waals surface area contributed by atoms with Gasteiger partial charge >= 0.3 is 6.18 Å². The second-order valence-electron chi connectivity index (χ2n) is 7.09. The summed E-state index contributed by atoms with van der Waals surface area (Å²) < 4.78 is 60.0. The Labute approximate surface area is 176 Å². The SMILES string of the molecule is COc1ccc(C(C)NCC(=O)N2c3ccccc3NC(=O)CC2C(F)(F)F)cc1F. The Morgan fingerprint density at radius 1 is 1.29 bits per heavy atom. The van der Waals surface area contributed by atoms with Crippen LogP contribution in [0.15, 0.2) is 42.5 Å². The molecule has 2 N–H and O–H groups in total. The zero-order chi connectivity index (χ0) is 22.8. The number of halogens is 4. The molecule has 0 radical (unpaired) electrons. The number of carbonyl (C=O) groups excluding carboxylic acids is 2. The number of carbonyl (C=O) groups is 2. The predicted molar refractivity (Wildman–Crippen MR) is 106 cm³/mol. The normalized spacial score (nSPS) is 17.4. The third kappa shape index (κ3) is 4.96. The van der Waals surface area contributed by atoms with Gasteiger partial charge in [-0.15, -0.1) is 0 Å². The molecular formula is C21H21F4N3O3. The maximum absolute atomic E-state index is 13.9. The first-order valence-electron chi connectivity index (χ1n) is 9.46. The van der Waals surface area contributed by atoms with Crippen LogP contribution in [0.3, 0.4) is 0 Å². The number of hydrogen-bond donors (Lipinski definition) is 2. The van der Waals surface area contributed by atoms with Crippen molar-refractivity contribution in [2.75, 3.05) is 23.9 Å². The Bertz CT molecular complexity index is 981. The van der Waals surface area contributed by atoms with Crippen molar-refractivity contribution in [2.24, 2.45) is 0 Å². The molecule has 0 fully saturated rings. The van der Waals surface area contributed by atoms with Crippen molar-refractivity contribution in [1.29, 1.82) is 0 Å². The van der Waals surface area contributed by atoms with Gasteiger partial charge in [-0.25, -0.2) is 4.39 Å². The van der Waals surface area contributed by atoms with Crippen LogP contribution in [0.25, 0.3) is 0 Å². The molecular weight excluding hydrogens is 418 g/mol. The third-order valence-electron chi connectivity index (χ3n) is 5.01. The number of nitrogens with zero attached hydrogens (tertiary/aromatic N) is 1. The Balaban J connectivity index is 1.84. The molecule has 10 heteroatoms. The molecule has 1 aliphatic heterocycles. The summed E-state index contributed by atoms with van der Waals surface area (Å²) in [6.07, 6.45) is -5.72. The van der Waals surface area contributed by atoms with Gasteiger partial charge in [0, 0.05) is 6.04 Å². The largest absolute Gasteiger partial charge is 0.494 e. The molecule has 2 unspecified atom stereocenters. The topological polar surface area (TPSA) is 70.7 Å². The summed E-state index contributed by atoms with van der Waals surface area (Å²) >= 11 is 0. The molecule has 0 saturated carbocycles. The van der Waals surface area contributed by atoms with Gasteiger partial charge in [0.1, 0.15) is 6.04 Å². The Kier molecular flexibility index (Phi) is 6.49. The summed E-state index contributed by atoms with van der Waals surface area (Å²) in [6, 6.07) is 7.22. The number of hydrogen-bond acceptors (Lipinski definition) is 4. The van der Waals surface area contributed by atoms with E-state index in [4.69, 9.17) is 4.74 Å². The lowest BCUT2D eigenvalue weighted by molar-refractivity contribution is -0.157. The van der Waals surface area contributed by atoms with Crippen LogP contribution in [0.1, 0.15) is 24.9 Å². The number of amides is 2. The smallest absolute Gasteiger partial charge is 0.409 e. The summed E-state index contributed by atoms with van der Waals surface area (Å²) in [5.74, 6) is -2.24.